The highest BCUT2D eigenvalue weighted by atomic mass is 16.6. The first kappa shape index (κ1) is 15.8. The number of hydrogen-bond donors (Lipinski definition) is 0. The fourth-order valence-corrected chi connectivity index (χ4v) is 5.01. The lowest BCUT2D eigenvalue weighted by atomic mass is 9.55. The molecule has 1 aromatic rings. The van der Waals surface area contributed by atoms with Crippen molar-refractivity contribution in [3.8, 4) is 0 Å². The van der Waals surface area contributed by atoms with E-state index in [0.717, 1.165) is 25.7 Å². The van der Waals surface area contributed by atoms with Gasteiger partial charge in [0.05, 0.1) is 12.0 Å². The summed E-state index contributed by atoms with van der Waals surface area (Å²) in [6, 6.07) is 0. The van der Waals surface area contributed by atoms with Gasteiger partial charge in [-0.2, -0.15) is 0 Å². The van der Waals surface area contributed by atoms with Gasteiger partial charge in [-0.3, -0.25) is 4.79 Å². The van der Waals surface area contributed by atoms with Crippen molar-refractivity contribution < 1.29 is 13.9 Å². The number of rotatable bonds is 7. The normalized spacial score (nSPS) is 36.7. The van der Waals surface area contributed by atoms with E-state index < -0.39 is 0 Å². The smallest absolute Gasteiger partial charge is 0.201 e. The first-order valence-corrected chi connectivity index (χ1v) is 9.07. The van der Waals surface area contributed by atoms with Crippen LogP contribution in [0.3, 0.4) is 0 Å². The maximum Gasteiger partial charge on any atom is 0.201 e. The highest BCUT2D eigenvalue weighted by Crippen LogP contribution is 2.74. The Hall–Kier alpha value is -1.68. The lowest BCUT2D eigenvalue weighted by Gasteiger charge is -2.47. The lowest BCUT2D eigenvalue weighted by molar-refractivity contribution is -0.0183. The average molecular weight is 327 g/mol. The summed E-state index contributed by atoms with van der Waals surface area (Å²) in [5, 5.41) is 0. The Morgan fingerprint density at radius 2 is 2.33 bits per heavy atom. The van der Waals surface area contributed by atoms with Crippen molar-refractivity contribution in [2.75, 3.05) is 0 Å². The fraction of sp³-hybridized carbons (Fsp3) is 0.600. The molecule has 0 amide bonds. The van der Waals surface area contributed by atoms with Gasteiger partial charge in [0, 0.05) is 6.92 Å². The number of ether oxygens (including phenoxy) is 1. The molecular formula is C20H25NO3. The van der Waals surface area contributed by atoms with E-state index in [0.29, 0.717) is 29.5 Å². The zero-order valence-electron chi connectivity index (χ0n) is 14.5. The van der Waals surface area contributed by atoms with E-state index in [2.05, 4.69) is 24.6 Å². The van der Waals surface area contributed by atoms with Gasteiger partial charge in [-0.25, -0.2) is 4.98 Å². The third-order valence-corrected chi connectivity index (χ3v) is 6.14. The molecule has 2 heterocycles. The van der Waals surface area contributed by atoms with Gasteiger partial charge < -0.3 is 9.15 Å². The molecule has 0 bridgehead atoms. The number of carbonyl (C=O) groups is 1. The predicted molar refractivity (Wildman–Crippen MR) is 90.9 cm³/mol. The Morgan fingerprint density at radius 1 is 1.50 bits per heavy atom. The molecule has 3 fully saturated rings. The maximum absolute atomic E-state index is 11.5. The van der Waals surface area contributed by atoms with Gasteiger partial charge in [0.25, 0.3) is 0 Å². The number of Topliss-reactive ketones (excluding diaryl/α,β-unsaturated/α-hetero) is 1. The van der Waals surface area contributed by atoms with Crippen molar-refractivity contribution in [1.82, 2.24) is 4.98 Å². The van der Waals surface area contributed by atoms with Crippen LogP contribution in [0.1, 0.15) is 68.2 Å². The minimum atomic E-state index is -0.0496. The molecule has 1 aromatic heterocycles. The molecule has 1 aliphatic heterocycles. The second-order valence-electron chi connectivity index (χ2n) is 7.38. The molecule has 1 saturated heterocycles. The average Bonchev–Trinajstić information content (AvgIpc) is 2.97. The predicted octanol–water partition coefficient (Wildman–Crippen LogP) is 4.44. The van der Waals surface area contributed by atoms with Crippen LogP contribution in [0.2, 0.25) is 0 Å². The molecule has 4 heteroatoms. The van der Waals surface area contributed by atoms with Crippen molar-refractivity contribution >= 4 is 5.78 Å². The van der Waals surface area contributed by atoms with Gasteiger partial charge in [-0.15, -0.1) is 0 Å². The van der Waals surface area contributed by atoms with Crippen LogP contribution < -0.4 is 0 Å². The van der Waals surface area contributed by atoms with Crippen molar-refractivity contribution in [2.45, 2.75) is 63.6 Å². The molecule has 5 atom stereocenters. The summed E-state index contributed by atoms with van der Waals surface area (Å²) in [5.74, 6) is 1.92. The van der Waals surface area contributed by atoms with Crippen LogP contribution in [0.15, 0.2) is 35.0 Å². The van der Waals surface area contributed by atoms with Crippen LogP contribution in [0.25, 0.3) is 0 Å². The van der Waals surface area contributed by atoms with E-state index in [1.807, 2.05) is 6.08 Å². The molecule has 2 saturated carbocycles. The fourth-order valence-electron chi connectivity index (χ4n) is 5.01. The SMILES string of the molecule is C=CC(=CCC1C(c2nc(C(C)=O)co2)[C@@]23O[C@@H]2CC[C@H]13)CCC. The maximum atomic E-state index is 11.5. The molecule has 4 rings (SSSR count). The quantitative estimate of drug-likeness (QED) is 0.422. The van der Waals surface area contributed by atoms with Crippen LogP contribution in [0.5, 0.6) is 0 Å². The monoisotopic (exact) mass is 327 g/mol. The number of oxazole rings is 1. The van der Waals surface area contributed by atoms with E-state index in [4.69, 9.17) is 9.15 Å². The van der Waals surface area contributed by atoms with Crippen LogP contribution >= 0.6 is 0 Å². The molecule has 128 valence electrons. The number of epoxide rings is 1. The Kier molecular flexibility index (Phi) is 3.75. The Balaban J connectivity index is 1.58. The van der Waals surface area contributed by atoms with Crippen molar-refractivity contribution in [3.05, 3.63) is 42.2 Å². The lowest BCUT2D eigenvalue weighted by Crippen LogP contribution is -2.51. The second kappa shape index (κ2) is 5.69. The molecule has 0 N–H and O–H groups in total. The van der Waals surface area contributed by atoms with Gasteiger partial charge in [0.1, 0.15) is 17.6 Å². The Labute approximate surface area is 143 Å². The zero-order chi connectivity index (χ0) is 16.9. The molecule has 24 heavy (non-hydrogen) atoms. The highest BCUT2D eigenvalue weighted by Gasteiger charge is 2.80. The van der Waals surface area contributed by atoms with Crippen molar-refractivity contribution in [3.63, 3.8) is 0 Å². The summed E-state index contributed by atoms with van der Waals surface area (Å²) in [5.41, 5.74) is 1.70. The molecule has 0 aromatic carbocycles. The van der Waals surface area contributed by atoms with Gasteiger partial charge in [-0.05, 0) is 37.5 Å². The van der Waals surface area contributed by atoms with Crippen LogP contribution in [-0.4, -0.2) is 22.5 Å². The van der Waals surface area contributed by atoms with E-state index >= 15 is 0 Å². The first-order chi connectivity index (χ1) is 11.6. The Morgan fingerprint density at radius 3 is 2.96 bits per heavy atom. The molecular weight excluding hydrogens is 302 g/mol. The molecule has 3 aliphatic rings. The topological polar surface area (TPSA) is 55.6 Å². The van der Waals surface area contributed by atoms with Gasteiger partial charge >= 0.3 is 0 Å². The van der Waals surface area contributed by atoms with Crippen LogP contribution in [0, 0.1) is 11.8 Å². The van der Waals surface area contributed by atoms with Gasteiger partial charge in [-0.1, -0.05) is 37.6 Å². The van der Waals surface area contributed by atoms with Crippen molar-refractivity contribution in [1.29, 1.82) is 0 Å². The number of aromatic nitrogens is 1. The number of nitrogens with zero attached hydrogens (tertiary/aromatic N) is 1. The third-order valence-electron chi connectivity index (χ3n) is 6.14. The standard InChI is InChI=1S/C20H25NO3/c1-4-6-13(5-2)7-8-14-15-9-10-17-20(15,24-17)18(14)19-21-16(11-23-19)12(3)22/h5,7,11,14-15,17-18H,2,4,6,8-10H2,1,3H3/t14?,15-,17-,18?,20+/m1/s1. The minimum Gasteiger partial charge on any atom is -0.448 e. The minimum absolute atomic E-state index is 0.0451. The molecule has 2 unspecified atom stereocenters. The largest absolute Gasteiger partial charge is 0.448 e. The van der Waals surface area contributed by atoms with Crippen molar-refractivity contribution in [2.24, 2.45) is 11.8 Å². The number of allylic oxidation sites excluding steroid dienone is 3. The second-order valence-corrected chi connectivity index (χ2v) is 7.38. The van der Waals surface area contributed by atoms with E-state index in [-0.39, 0.29) is 17.3 Å². The number of carbonyl (C=O) groups excluding carboxylic acids is 1. The molecule has 4 nitrogen and oxygen atoms in total. The Bertz CT molecular complexity index is 703. The third kappa shape index (κ3) is 2.16. The van der Waals surface area contributed by atoms with Crippen LogP contribution in [-0.2, 0) is 4.74 Å². The molecule has 0 radical (unpaired) electrons. The zero-order valence-corrected chi connectivity index (χ0v) is 14.5. The molecule has 1 spiro atoms. The summed E-state index contributed by atoms with van der Waals surface area (Å²) < 4.78 is 11.7. The van der Waals surface area contributed by atoms with Crippen LogP contribution in [0.4, 0.5) is 0 Å². The summed E-state index contributed by atoms with van der Waals surface area (Å²) in [6.45, 7) is 7.64. The summed E-state index contributed by atoms with van der Waals surface area (Å²) in [4.78, 5) is 16.0. The first-order valence-electron chi connectivity index (χ1n) is 9.07. The summed E-state index contributed by atoms with van der Waals surface area (Å²) in [6.07, 6.45) is 11.7. The van der Waals surface area contributed by atoms with E-state index in [1.54, 1.807) is 0 Å². The summed E-state index contributed by atoms with van der Waals surface area (Å²) in [7, 11) is 0. The summed E-state index contributed by atoms with van der Waals surface area (Å²) >= 11 is 0. The number of ketones is 1. The number of hydrogen-bond acceptors (Lipinski definition) is 4. The molecule has 2 aliphatic carbocycles. The van der Waals surface area contributed by atoms with Gasteiger partial charge in [0.2, 0.25) is 5.89 Å². The van der Waals surface area contributed by atoms with E-state index in [9.17, 15) is 4.79 Å². The van der Waals surface area contributed by atoms with E-state index in [1.165, 1.54) is 25.2 Å². The highest BCUT2D eigenvalue weighted by molar-refractivity contribution is 5.91. The van der Waals surface area contributed by atoms with Gasteiger partial charge in [0.15, 0.2) is 5.78 Å².